The second-order valence-corrected chi connectivity index (χ2v) is 8.28. The fraction of sp³-hybridized carbons (Fsp3) is 0.348. The molecule has 3 aromatic heterocycles. The van der Waals surface area contributed by atoms with E-state index < -0.39 is 5.97 Å². The average Bonchev–Trinajstić information content (AvgIpc) is 3.34. The Morgan fingerprint density at radius 1 is 1.31 bits per heavy atom. The third-order valence-corrected chi connectivity index (χ3v) is 6.09. The van der Waals surface area contributed by atoms with Gasteiger partial charge in [0, 0.05) is 48.4 Å². The quantitative estimate of drug-likeness (QED) is 0.344. The number of quaternary nitrogens is 1. The van der Waals surface area contributed by atoms with Crippen molar-refractivity contribution in [3.05, 3.63) is 46.8 Å². The number of carbonyl (C=O) groups is 1. The van der Waals surface area contributed by atoms with Crippen LogP contribution in [0.2, 0.25) is 0 Å². The van der Waals surface area contributed by atoms with E-state index in [0.717, 1.165) is 33.3 Å². The normalized spacial score (nSPS) is 13.8. The average molecular weight is 439 g/mol. The van der Waals surface area contributed by atoms with E-state index in [9.17, 15) is 9.59 Å². The number of nitrogens with zero attached hydrogens (tertiary/aromatic N) is 2. The van der Waals surface area contributed by atoms with Crippen molar-refractivity contribution in [3.63, 3.8) is 0 Å². The molecule has 1 aromatic carbocycles. The van der Waals surface area contributed by atoms with Crippen LogP contribution in [0.25, 0.3) is 33.1 Å². The minimum absolute atomic E-state index is 0. The first-order valence-corrected chi connectivity index (χ1v) is 10.5. The first kappa shape index (κ1) is 21.6. The highest BCUT2D eigenvalue weighted by atomic mass is 16.5. The zero-order valence-electron chi connectivity index (χ0n) is 18.3. The highest BCUT2D eigenvalue weighted by Gasteiger charge is 2.21. The maximum absolute atomic E-state index is 12.5. The molecule has 7 N–H and O–H groups in total. The van der Waals surface area contributed by atoms with Crippen molar-refractivity contribution in [3.8, 4) is 16.9 Å². The second kappa shape index (κ2) is 8.51. The molecule has 1 fully saturated rings. The molecule has 5 rings (SSSR count). The Hall–Kier alpha value is -3.59. The number of hydrogen-bond acceptors (Lipinski definition) is 4. The molecular formula is C23H28N5O4+. The van der Waals surface area contributed by atoms with E-state index in [1.54, 1.807) is 17.8 Å². The second-order valence-electron chi connectivity index (χ2n) is 8.28. The molecule has 168 valence electrons. The summed E-state index contributed by atoms with van der Waals surface area (Å²) in [6.45, 7) is 0.650. The molecule has 4 aromatic rings. The summed E-state index contributed by atoms with van der Waals surface area (Å²) in [5.74, 6) is 1.07. The molecule has 1 aliphatic carbocycles. The van der Waals surface area contributed by atoms with Crippen LogP contribution in [0.1, 0.15) is 31.5 Å². The lowest BCUT2D eigenvalue weighted by Crippen LogP contribution is -2.19. The van der Waals surface area contributed by atoms with Gasteiger partial charge in [0.1, 0.15) is 17.1 Å². The number of carboxylic acid groups (broad SMARTS) is 1. The number of fused-ring (bicyclic) bond motifs is 2. The van der Waals surface area contributed by atoms with Gasteiger partial charge in [-0.2, -0.15) is 0 Å². The molecule has 0 amide bonds. The summed E-state index contributed by atoms with van der Waals surface area (Å²) < 4.78 is 7.83. The predicted molar refractivity (Wildman–Crippen MR) is 123 cm³/mol. The zero-order valence-corrected chi connectivity index (χ0v) is 18.3. The van der Waals surface area contributed by atoms with Crippen molar-refractivity contribution in [2.75, 3.05) is 6.61 Å². The van der Waals surface area contributed by atoms with E-state index in [4.69, 9.17) is 9.84 Å². The Bertz CT molecular complexity index is 1350. The van der Waals surface area contributed by atoms with Gasteiger partial charge in [-0.3, -0.25) is 9.59 Å². The van der Waals surface area contributed by atoms with Crippen LogP contribution in [0, 0.1) is 5.92 Å². The lowest BCUT2D eigenvalue weighted by molar-refractivity contribution is -0.137. The fourth-order valence-corrected chi connectivity index (χ4v) is 4.11. The number of aromatic nitrogens is 4. The first-order valence-electron chi connectivity index (χ1n) is 10.5. The van der Waals surface area contributed by atoms with Crippen LogP contribution in [0.5, 0.6) is 5.75 Å². The van der Waals surface area contributed by atoms with Gasteiger partial charge in [-0.15, -0.1) is 0 Å². The number of rotatable bonds is 7. The lowest BCUT2D eigenvalue weighted by Gasteiger charge is -2.25. The van der Waals surface area contributed by atoms with Crippen molar-refractivity contribution >= 4 is 27.9 Å². The molecule has 32 heavy (non-hydrogen) atoms. The molecular weight excluding hydrogens is 410 g/mol. The molecule has 0 aliphatic heterocycles. The van der Waals surface area contributed by atoms with Crippen molar-refractivity contribution in [1.82, 2.24) is 25.7 Å². The zero-order chi connectivity index (χ0) is 21.5. The van der Waals surface area contributed by atoms with Crippen molar-refractivity contribution in [1.29, 1.82) is 0 Å². The van der Waals surface area contributed by atoms with Crippen LogP contribution in [-0.2, 0) is 18.3 Å². The minimum Gasteiger partial charge on any atom is -0.493 e. The Morgan fingerprint density at radius 2 is 2.12 bits per heavy atom. The van der Waals surface area contributed by atoms with Gasteiger partial charge >= 0.3 is 5.97 Å². The number of carboxylic acids is 1. The van der Waals surface area contributed by atoms with Gasteiger partial charge in [-0.05, 0) is 30.9 Å². The smallest absolute Gasteiger partial charge is 0.303 e. The number of pyridine rings is 1. The highest BCUT2D eigenvalue weighted by Crippen LogP contribution is 2.38. The Balaban J connectivity index is 0.00000245. The Labute approximate surface area is 184 Å². The monoisotopic (exact) mass is 438 g/mol. The highest BCUT2D eigenvalue weighted by molar-refractivity contribution is 5.98. The number of aliphatic carboxylic acids is 1. The Kier molecular flexibility index (Phi) is 5.75. The summed E-state index contributed by atoms with van der Waals surface area (Å²) in [6, 6.07) is 5.79. The summed E-state index contributed by atoms with van der Waals surface area (Å²) in [5.41, 5.74) is 3.79. The summed E-state index contributed by atoms with van der Waals surface area (Å²) >= 11 is 0. The van der Waals surface area contributed by atoms with Crippen LogP contribution in [0.15, 0.2) is 35.4 Å². The van der Waals surface area contributed by atoms with Gasteiger partial charge in [0.15, 0.2) is 0 Å². The largest absolute Gasteiger partial charge is 0.493 e. The van der Waals surface area contributed by atoms with Gasteiger partial charge in [-0.25, -0.2) is 4.98 Å². The van der Waals surface area contributed by atoms with Gasteiger partial charge in [0.25, 0.3) is 5.56 Å². The van der Waals surface area contributed by atoms with E-state index in [1.165, 1.54) is 19.3 Å². The van der Waals surface area contributed by atoms with Gasteiger partial charge in [-0.1, -0.05) is 6.42 Å². The minimum atomic E-state index is -0.856. The van der Waals surface area contributed by atoms with Gasteiger partial charge < -0.3 is 30.5 Å². The van der Waals surface area contributed by atoms with E-state index in [1.807, 2.05) is 24.4 Å². The first-order chi connectivity index (χ1) is 15.0. The number of ether oxygens (including phenoxy) is 1. The van der Waals surface area contributed by atoms with Gasteiger partial charge in [0.05, 0.1) is 24.1 Å². The van der Waals surface area contributed by atoms with E-state index in [2.05, 4.69) is 15.0 Å². The lowest BCUT2D eigenvalue weighted by atomic mass is 9.86. The summed E-state index contributed by atoms with van der Waals surface area (Å²) in [5, 5.41) is 9.81. The third kappa shape index (κ3) is 3.87. The molecule has 1 aliphatic rings. The number of aryl methyl sites for hydroxylation is 2. The predicted octanol–water partition coefficient (Wildman–Crippen LogP) is 3.98. The third-order valence-electron chi connectivity index (χ3n) is 6.09. The molecule has 0 atom stereocenters. The molecule has 9 heteroatoms. The molecule has 1 saturated carbocycles. The van der Waals surface area contributed by atoms with Crippen molar-refractivity contribution in [2.24, 2.45) is 13.0 Å². The SMILES string of the molecule is Cn1cc(-c2cc3[nH]c(CCC(=O)O)nc3cc2OCC2CCC2)c2cc[nH]c2c1=O.[NH4+]. The number of H-pyrrole nitrogens is 2. The molecule has 3 heterocycles. The maximum atomic E-state index is 12.5. The van der Waals surface area contributed by atoms with E-state index in [-0.39, 0.29) is 18.1 Å². The van der Waals surface area contributed by atoms with Crippen molar-refractivity contribution < 1.29 is 14.6 Å². The maximum Gasteiger partial charge on any atom is 0.303 e. The Morgan fingerprint density at radius 3 is 2.84 bits per heavy atom. The van der Waals surface area contributed by atoms with E-state index >= 15 is 0 Å². The standard InChI is InChI=1S/C23H24N4O4.H3N/c1-27-11-16(14-7-8-24-22(14)23(27)30)15-9-17-18(26-20(25-17)5-6-21(28)29)10-19(15)31-12-13-3-2-4-13;/h7-11,13,24H,2-6,12H2,1H3,(H,25,26)(H,28,29);1H3/p+1. The van der Waals surface area contributed by atoms with E-state index in [0.29, 0.717) is 30.3 Å². The molecule has 0 spiro atoms. The van der Waals surface area contributed by atoms with Crippen LogP contribution in [0.4, 0.5) is 0 Å². The molecule has 0 radical (unpaired) electrons. The molecule has 0 bridgehead atoms. The van der Waals surface area contributed by atoms with Crippen LogP contribution in [0.3, 0.4) is 0 Å². The summed E-state index contributed by atoms with van der Waals surface area (Å²) in [6.07, 6.45) is 7.56. The van der Waals surface area contributed by atoms with Gasteiger partial charge in [0.2, 0.25) is 0 Å². The number of hydrogen-bond donors (Lipinski definition) is 4. The fourth-order valence-electron chi connectivity index (χ4n) is 4.11. The van der Waals surface area contributed by atoms with Crippen molar-refractivity contribution in [2.45, 2.75) is 32.1 Å². The molecule has 9 nitrogen and oxygen atoms in total. The summed E-state index contributed by atoms with van der Waals surface area (Å²) in [7, 11) is 1.74. The molecule has 0 unspecified atom stereocenters. The topological polar surface area (TPSA) is 150 Å². The number of aromatic amines is 2. The number of imidazole rings is 1. The van der Waals surface area contributed by atoms with Crippen LogP contribution in [-0.4, -0.2) is 37.2 Å². The molecule has 0 saturated heterocycles. The van der Waals surface area contributed by atoms with Crippen LogP contribution >= 0.6 is 0 Å². The number of nitrogens with one attached hydrogen (secondary N) is 2. The number of benzene rings is 1. The summed E-state index contributed by atoms with van der Waals surface area (Å²) in [4.78, 5) is 34.3. The van der Waals surface area contributed by atoms with Crippen LogP contribution < -0.4 is 16.4 Å².